The summed E-state index contributed by atoms with van der Waals surface area (Å²) in [5.41, 5.74) is 2.38. The molecule has 1 atom stereocenters. The minimum Gasteiger partial charge on any atom is -0.456 e. The Morgan fingerprint density at radius 2 is 1.49 bits per heavy atom. The van der Waals surface area contributed by atoms with Crippen LogP contribution in [0.2, 0.25) is 0 Å². The average molecular weight is 531 g/mol. The molecule has 6 rings (SSSR count). The lowest BCUT2D eigenvalue weighted by atomic mass is 9.77. The quantitative estimate of drug-likeness (QED) is 0.266. The van der Waals surface area contributed by atoms with Crippen LogP contribution in [0.1, 0.15) is 46.5 Å². The molecule has 0 fully saturated rings. The molecule has 39 heavy (non-hydrogen) atoms. The first-order chi connectivity index (χ1) is 18.7. The Morgan fingerprint density at radius 3 is 2.23 bits per heavy atom. The molecule has 2 heterocycles. The fraction of sp³-hybridized carbons (Fsp3) is 0.194. The van der Waals surface area contributed by atoms with Crippen LogP contribution in [0.3, 0.4) is 0 Å². The molecule has 198 valence electrons. The second kappa shape index (κ2) is 9.08. The van der Waals surface area contributed by atoms with Gasteiger partial charge in [0.2, 0.25) is 0 Å². The average Bonchev–Trinajstić information content (AvgIpc) is 3.22. The molecule has 0 aliphatic carbocycles. The molecule has 2 aliphatic heterocycles. The summed E-state index contributed by atoms with van der Waals surface area (Å²) in [6.45, 7) is 5.75. The number of alkyl halides is 3. The van der Waals surface area contributed by atoms with Gasteiger partial charge in [0.15, 0.2) is 5.60 Å². The number of nitrogens with zero attached hydrogens (tertiary/aromatic N) is 1. The third-order valence-electron chi connectivity index (χ3n) is 7.30. The van der Waals surface area contributed by atoms with Crippen molar-refractivity contribution in [3.05, 3.63) is 113 Å². The van der Waals surface area contributed by atoms with Crippen LogP contribution in [0, 0.1) is 0 Å². The van der Waals surface area contributed by atoms with Crippen LogP contribution in [0.5, 0.6) is 11.5 Å². The summed E-state index contributed by atoms with van der Waals surface area (Å²) in [6, 6.07) is 23.4. The van der Waals surface area contributed by atoms with Gasteiger partial charge in [0.1, 0.15) is 11.5 Å². The number of nitrogens with one attached hydrogen (secondary N) is 1. The molecule has 0 saturated carbocycles. The summed E-state index contributed by atoms with van der Waals surface area (Å²) in [5, 5.41) is 3.05. The van der Waals surface area contributed by atoms with Crippen LogP contribution in [0.15, 0.2) is 84.9 Å². The van der Waals surface area contributed by atoms with Gasteiger partial charge in [0, 0.05) is 59.0 Å². The molecule has 1 N–H and O–H groups in total. The summed E-state index contributed by atoms with van der Waals surface area (Å²) in [5.74, 6) is 0.566. The number of esters is 1. The summed E-state index contributed by atoms with van der Waals surface area (Å²) in [6.07, 6.45) is -4.45. The summed E-state index contributed by atoms with van der Waals surface area (Å²) in [4.78, 5) is 15.3. The number of benzene rings is 4. The third kappa shape index (κ3) is 3.98. The monoisotopic (exact) mass is 530 g/mol. The fourth-order valence-corrected chi connectivity index (χ4v) is 5.47. The highest BCUT2D eigenvalue weighted by atomic mass is 19.4. The van der Waals surface area contributed by atoms with Gasteiger partial charge in [0.25, 0.3) is 0 Å². The summed E-state index contributed by atoms with van der Waals surface area (Å²) >= 11 is 0. The Bertz CT molecular complexity index is 1600. The number of halogens is 3. The van der Waals surface area contributed by atoms with Gasteiger partial charge in [-0.2, -0.15) is 13.2 Å². The largest absolute Gasteiger partial charge is 0.456 e. The molecule has 8 heteroatoms. The first-order valence-corrected chi connectivity index (χ1v) is 12.7. The van der Waals surface area contributed by atoms with Gasteiger partial charge in [-0.05, 0) is 62.4 Å². The minimum atomic E-state index is -4.45. The Labute approximate surface area is 223 Å². The van der Waals surface area contributed by atoms with E-state index in [-0.39, 0.29) is 5.69 Å². The van der Waals surface area contributed by atoms with Gasteiger partial charge in [-0.25, -0.2) is 4.79 Å². The Balaban J connectivity index is 1.49. The highest BCUT2D eigenvalue weighted by molar-refractivity contribution is 5.97. The standard InChI is InChI=1S/C31H25F3N2O3/c1-3-36(4-2)22-13-15-26-28(18-22)38-27-17-21(35-20-9-7-8-19(16-20)31(32,33)34)12-14-25(27)30(26)24-11-6-5-10-23(24)29(37)39-30/h5-18,35H,3-4H2,1-2H3. The molecule has 0 saturated heterocycles. The molecule has 1 unspecified atom stereocenters. The fourth-order valence-electron chi connectivity index (χ4n) is 5.47. The van der Waals surface area contributed by atoms with E-state index in [4.69, 9.17) is 9.47 Å². The second-order valence-corrected chi connectivity index (χ2v) is 9.49. The van der Waals surface area contributed by atoms with Gasteiger partial charge in [-0.1, -0.05) is 24.3 Å². The smallest absolute Gasteiger partial charge is 0.416 e. The predicted octanol–water partition coefficient (Wildman–Crippen LogP) is 7.86. The molecule has 0 aromatic heterocycles. The predicted molar refractivity (Wildman–Crippen MR) is 143 cm³/mol. The maximum atomic E-state index is 13.2. The Morgan fingerprint density at radius 1 is 0.795 bits per heavy atom. The van der Waals surface area contributed by atoms with Gasteiger partial charge >= 0.3 is 12.1 Å². The molecule has 0 amide bonds. The Hall–Kier alpha value is -4.46. The molecule has 1 spiro atoms. The SMILES string of the molecule is CCN(CC)c1ccc2c(c1)Oc1cc(Nc3cccc(C(F)(F)F)c3)ccc1C21OC(=O)c2ccccc21. The maximum absolute atomic E-state index is 13.2. The van der Waals surface area contributed by atoms with Crippen molar-refractivity contribution < 1.29 is 27.4 Å². The van der Waals surface area contributed by atoms with E-state index in [0.717, 1.165) is 36.5 Å². The number of hydrogen-bond acceptors (Lipinski definition) is 5. The van der Waals surface area contributed by atoms with Crippen LogP contribution in [0.4, 0.5) is 30.2 Å². The molecule has 5 nitrogen and oxygen atoms in total. The number of hydrogen-bond donors (Lipinski definition) is 1. The zero-order valence-electron chi connectivity index (χ0n) is 21.3. The molecule has 2 aliphatic rings. The van der Waals surface area contributed by atoms with Crippen LogP contribution in [0.25, 0.3) is 0 Å². The van der Waals surface area contributed by atoms with E-state index in [9.17, 15) is 18.0 Å². The number of anilines is 3. The van der Waals surface area contributed by atoms with E-state index in [2.05, 4.69) is 24.1 Å². The Kier molecular flexibility index (Phi) is 5.79. The van der Waals surface area contributed by atoms with Crippen LogP contribution >= 0.6 is 0 Å². The van der Waals surface area contributed by atoms with Gasteiger partial charge in [-0.3, -0.25) is 0 Å². The second-order valence-electron chi connectivity index (χ2n) is 9.49. The van der Waals surface area contributed by atoms with Crippen LogP contribution in [-0.2, 0) is 16.5 Å². The molecule has 4 aromatic carbocycles. The highest BCUT2D eigenvalue weighted by Gasteiger charge is 2.53. The number of carbonyl (C=O) groups excluding carboxylic acids is 1. The highest BCUT2D eigenvalue weighted by Crippen LogP contribution is 2.57. The van der Waals surface area contributed by atoms with Crippen molar-refractivity contribution in [1.29, 1.82) is 0 Å². The van der Waals surface area contributed by atoms with Crippen molar-refractivity contribution >= 4 is 23.0 Å². The van der Waals surface area contributed by atoms with Crippen LogP contribution < -0.4 is 15.0 Å². The van der Waals surface area contributed by atoms with E-state index >= 15 is 0 Å². The van der Waals surface area contributed by atoms with Crippen molar-refractivity contribution in [3.8, 4) is 11.5 Å². The lowest BCUT2D eigenvalue weighted by Crippen LogP contribution is -2.33. The lowest BCUT2D eigenvalue weighted by Gasteiger charge is -2.37. The van der Waals surface area contributed by atoms with E-state index in [1.165, 1.54) is 6.07 Å². The van der Waals surface area contributed by atoms with E-state index < -0.39 is 23.3 Å². The van der Waals surface area contributed by atoms with Gasteiger partial charge in [-0.15, -0.1) is 0 Å². The first kappa shape index (κ1) is 24.9. The van der Waals surface area contributed by atoms with Gasteiger partial charge in [0.05, 0.1) is 11.1 Å². The van der Waals surface area contributed by atoms with Crippen LogP contribution in [-0.4, -0.2) is 19.1 Å². The van der Waals surface area contributed by atoms with Gasteiger partial charge < -0.3 is 19.7 Å². The summed E-state index contributed by atoms with van der Waals surface area (Å²) < 4.78 is 52.3. The molecule has 0 bridgehead atoms. The first-order valence-electron chi connectivity index (χ1n) is 12.7. The van der Waals surface area contributed by atoms with Crippen molar-refractivity contribution in [1.82, 2.24) is 0 Å². The molecule has 0 radical (unpaired) electrons. The zero-order chi connectivity index (χ0) is 27.4. The molecular weight excluding hydrogens is 505 g/mol. The number of rotatable bonds is 5. The normalized spacial score (nSPS) is 17.1. The van der Waals surface area contributed by atoms with Crippen molar-refractivity contribution in [2.45, 2.75) is 25.6 Å². The van der Waals surface area contributed by atoms with E-state index in [0.29, 0.717) is 33.9 Å². The van der Waals surface area contributed by atoms with Crippen molar-refractivity contribution in [2.75, 3.05) is 23.3 Å². The van der Waals surface area contributed by atoms with Crippen molar-refractivity contribution in [2.24, 2.45) is 0 Å². The number of carbonyl (C=O) groups is 1. The van der Waals surface area contributed by atoms with Crippen molar-refractivity contribution in [3.63, 3.8) is 0 Å². The lowest BCUT2D eigenvalue weighted by molar-refractivity contribution is -0.137. The molecular formula is C31H25F3N2O3. The summed E-state index contributed by atoms with van der Waals surface area (Å²) in [7, 11) is 0. The number of fused-ring (bicyclic) bond motifs is 6. The number of ether oxygens (including phenoxy) is 2. The van der Waals surface area contributed by atoms with E-state index in [1.54, 1.807) is 36.4 Å². The minimum absolute atomic E-state index is 0.289. The maximum Gasteiger partial charge on any atom is 0.416 e. The topological polar surface area (TPSA) is 50.8 Å². The zero-order valence-corrected chi connectivity index (χ0v) is 21.3. The van der Waals surface area contributed by atoms with E-state index in [1.807, 2.05) is 30.3 Å². The molecule has 4 aromatic rings. The third-order valence-corrected chi connectivity index (χ3v) is 7.30.